The summed E-state index contributed by atoms with van der Waals surface area (Å²) in [6.45, 7) is 0. The molecule has 0 aliphatic carbocycles. The molecule has 0 aliphatic heterocycles. The summed E-state index contributed by atoms with van der Waals surface area (Å²) in [7, 11) is 0. The highest BCUT2D eigenvalue weighted by Crippen LogP contribution is 2.12. The summed E-state index contributed by atoms with van der Waals surface area (Å²) in [5.41, 5.74) is 0.603. The van der Waals surface area contributed by atoms with E-state index in [1.54, 1.807) is 6.07 Å². The molecular formula is C12H11FO4. The van der Waals surface area contributed by atoms with Gasteiger partial charge in [-0.2, -0.15) is 0 Å². The van der Waals surface area contributed by atoms with E-state index in [2.05, 4.69) is 0 Å². The van der Waals surface area contributed by atoms with Crippen molar-refractivity contribution in [1.29, 1.82) is 0 Å². The molecule has 5 heteroatoms. The highest BCUT2D eigenvalue weighted by atomic mass is 19.1. The van der Waals surface area contributed by atoms with Crippen molar-refractivity contribution < 1.29 is 24.2 Å². The van der Waals surface area contributed by atoms with E-state index in [1.165, 1.54) is 24.3 Å². The van der Waals surface area contributed by atoms with Crippen LogP contribution in [-0.4, -0.2) is 22.2 Å². The molecule has 4 nitrogen and oxygen atoms in total. The van der Waals surface area contributed by atoms with Gasteiger partial charge >= 0.3 is 11.9 Å². The molecule has 0 fully saturated rings. The number of benzene rings is 1. The second kappa shape index (κ2) is 5.79. The summed E-state index contributed by atoms with van der Waals surface area (Å²) in [4.78, 5) is 20.6. The van der Waals surface area contributed by atoms with E-state index in [-0.39, 0.29) is 18.4 Å². The van der Waals surface area contributed by atoms with Gasteiger partial charge < -0.3 is 10.2 Å². The lowest BCUT2D eigenvalue weighted by Crippen LogP contribution is -2.02. The Bertz CT molecular complexity index is 466. The van der Waals surface area contributed by atoms with Crippen molar-refractivity contribution in [1.82, 2.24) is 0 Å². The van der Waals surface area contributed by atoms with Crippen LogP contribution in [0.5, 0.6) is 0 Å². The van der Waals surface area contributed by atoms with E-state index in [0.29, 0.717) is 5.56 Å². The van der Waals surface area contributed by atoms with E-state index in [9.17, 15) is 14.0 Å². The molecule has 0 amide bonds. The maximum Gasteiger partial charge on any atom is 0.307 e. The Labute approximate surface area is 97.0 Å². The zero-order valence-electron chi connectivity index (χ0n) is 8.89. The molecule has 0 aromatic heterocycles. The van der Waals surface area contributed by atoms with Gasteiger partial charge in [0.25, 0.3) is 0 Å². The quantitative estimate of drug-likeness (QED) is 0.822. The van der Waals surface area contributed by atoms with Crippen molar-refractivity contribution in [3.05, 3.63) is 41.2 Å². The molecule has 1 aromatic rings. The molecule has 2 N–H and O–H groups in total. The predicted octanol–water partition coefficient (Wildman–Crippen LogP) is 1.94. The van der Waals surface area contributed by atoms with E-state index in [1.807, 2.05) is 0 Å². The van der Waals surface area contributed by atoms with Crippen LogP contribution in [0.4, 0.5) is 4.39 Å². The third-order valence-electron chi connectivity index (χ3n) is 2.02. The fourth-order valence-corrected chi connectivity index (χ4v) is 1.27. The number of rotatable bonds is 5. The Hall–Kier alpha value is -2.17. The second-order valence-electron chi connectivity index (χ2n) is 3.42. The molecule has 0 bridgehead atoms. The zero-order valence-corrected chi connectivity index (χ0v) is 8.89. The molecule has 17 heavy (non-hydrogen) atoms. The summed E-state index contributed by atoms with van der Waals surface area (Å²) < 4.78 is 13.4. The predicted molar refractivity (Wildman–Crippen MR) is 59.0 cm³/mol. The van der Waals surface area contributed by atoms with Gasteiger partial charge in [0, 0.05) is 0 Å². The monoisotopic (exact) mass is 238 g/mol. The molecule has 0 radical (unpaired) electrons. The van der Waals surface area contributed by atoms with E-state index in [4.69, 9.17) is 10.2 Å². The fraction of sp³-hybridized carbons (Fsp3) is 0.167. The third kappa shape index (κ3) is 4.46. The Morgan fingerprint density at radius 3 is 2.47 bits per heavy atom. The average Bonchev–Trinajstić information content (AvgIpc) is 2.21. The number of hydrogen-bond donors (Lipinski definition) is 2. The van der Waals surface area contributed by atoms with Gasteiger partial charge in [-0.3, -0.25) is 9.59 Å². The standard InChI is InChI=1S/C12H11FO4/c13-10-6-8(2-1-3-11(14)15)4-5-9(10)7-12(16)17/h1-2,4-6H,3,7H2,(H,14,15)(H,16,17). The van der Waals surface area contributed by atoms with E-state index in [0.717, 1.165) is 0 Å². The number of carbonyl (C=O) groups is 2. The van der Waals surface area contributed by atoms with Crippen LogP contribution >= 0.6 is 0 Å². The first-order valence-corrected chi connectivity index (χ1v) is 4.87. The Morgan fingerprint density at radius 2 is 1.94 bits per heavy atom. The molecule has 0 aliphatic rings. The first kappa shape index (κ1) is 12.9. The van der Waals surface area contributed by atoms with Crippen LogP contribution in [0.25, 0.3) is 6.08 Å². The molecule has 0 saturated carbocycles. The van der Waals surface area contributed by atoms with Crippen molar-refractivity contribution in [3.8, 4) is 0 Å². The summed E-state index contributed by atoms with van der Waals surface area (Å²) in [6, 6.07) is 4.10. The van der Waals surface area contributed by atoms with Crippen LogP contribution in [0.2, 0.25) is 0 Å². The van der Waals surface area contributed by atoms with Crippen molar-refractivity contribution in [2.24, 2.45) is 0 Å². The summed E-state index contributed by atoms with van der Waals surface area (Å²) in [6.07, 6.45) is 2.36. The molecule has 0 unspecified atom stereocenters. The van der Waals surface area contributed by atoms with Gasteiger partial charge in [-0.1, -0.05) is 24.3 Å². The van der Waals surface area contributed by atoms with E-state index >= 15 is 0 Å². The minimum Gasteiger partial charge on any atom is -0.481 e. The smallest absolute Gasteiger partial charge is 0.307 e. The number of carboxylic acids is 2. The molecule has 1 aromatic carbocycles. The second-order valence-corrected chi connectivity index (χ2v) is 3.42. The van der Waals surface area contributed by atoms with Crippen molar-refractivity contribution >= 4 is 18.0 Å². The van der Waals surface area contributed by atoms with E-state index < -0.39 is 17.8 Å². The van der Waals surface area contributed by atoms with Crippen LogP contribution in [0.1, 0.15) is 17.5 Å². The van der Waals surface area contributed by atoms with Gasteiger partial charge in [0.05, 0.1) is 12.8 Å². The van der Waals surface area contributed by atoms with Gasteiger partial charge in [-0.15, -0.1) is 0 Å². The lowest BCUT2D eigenvalue weighted by Gasteiger charge is -2.01. The first-order chi connectivity index (χ1) is 7.99. The Balaban J connectivity index is 2.78. The Kier molecular flexibility index (Phi) is 4.39. The number of hydrogen-bond acceptors (Lipinski definition) is 2. The number of carboxylic acid groups (broad SMARTS) is 2. The maximum atomic E-state index is 13.4. The van der Waals surface area contributed by atoms with Gasteiger partial charge in [0.1, 0.15) is 5.82 Å². The van der Waals surface area contributed by atoms with Gasteiger partial charge in [0.15, 0.2) is 0 Å². The van der Waals surface area contributed by atoms with Crippen LogP contribution < -0.4 is 0 Å². The SMILES string of the molecule is O=C(O)CC=Cc1ccc(CC(=O)O)c(F)c1. The fourth-order valence-electron chi connectivity index (χ4n) is 1.27. The molecule has 0 atom stereocenters. The Morgan fingerprint density at radius 1 is 1.24 bits per heavy atom. The largest absolute Gasteiger partial charge is 0.481 e. The topological polar surface area (TPSA) is 74.6 Å². The van der Waals surface area contributed by atoms with Crippen LogP contribution in [0.15, 0.2) is 24.3 Å². The van der Waals surface area contributed by atoms with Gasteiger partial charge in [-0.05, 0) is 17.2 Å². The minimum absolute atomic E-state index is 0.105. The first-order valence-electron chi connectivity index (χ1n) is 4.87. The lowest BCUT2D eigenvalue weighted by atomic mass is 10.1. The van der Waals surface area contributed by atoms with Gasteiger partial charge in [0.2, 0.25) is 0 Å². The molecule has 1 rings (SSSR count). The minimum atomic E-state index is -1.10. The number of halogens is 1. The average molecular weight is 238 g/mol. The zero-order chi connectivity index (χ0) is 12.8. The van der Waals surface area contributed by atoms with Crippen LogP contribution in [0, 0.1) is 5.82 Å². The van der Waals surface area contributed by atoms with Crippen LogP contribution in [0.3, 0.4) is 0 Å². The summed E-state index contributed by atoms with van der Waals surface area (Å²) in [5, 5.41) is 16.9. The summed E-state index contributed by atoms with van der Waals surface area (Å²) >= 11 is 0. The van der Waals surface area contributed by atoms with Crippen LogP contribution in [-0.2, 0) is 16.0 Å². The van der Waals surface area contributed by atoms with Crippen molar-refractivity contribution in [2.45, 2.75) is 12.8 Å². The number of aliphatic carboxylic acids is 2. The maximum absolute atomic E-state index is 13.4. The molecule has 90 valence electrons. The molecular weight excluding hydrogens is 227 g/mol. The molecule has 0 saturated heterocycles. The highest BCUT2D eigenvalue weighted by Gasteiger charge is 2.06. The highest BCUT2D eigenvalue weighted by molar-refractivity contribution is 5.71. The lowest BCUT2D eigenvalue weighted by molar-refractivity contribution is -0.137. The molecule has 0 heterocycles. The third-order valence-corrected chi connectivity index (χ3v) is 2.02. The molecule has 0 spiro atoms. The normalized spacial score (nSPS) is 10.6. The van der Waals surface area contributed by atoms with Gasteiger partial charge in [-0.25, -0.2) is 4.39 Å². The van der Waals surface area contributed by atoms with Crippen molar-refractivity contribution in [3.63, 3.8) is 0 Å². The summed E-state index contributed by atoms with van der Waals surface area (Å²) in [5.74, 6) is -2.67. The van der Waals surface area contributed by atoms with Crippen molar-refractivity contribution in [2.75, 3.05) is 0 Å².